The Morgan fingerprint density at radius 3 is 2.70 bits per heavy atom. The molecule has 0 spiro atoms. The number of nitrogens with one attached hydrogen (secondary N) is 1. The number of rotatable bonds is 7. The van der Waals surface area contributed by atoms with Gasteiger partial charge in [-0.15, -0.1) is 0 Å². The van der Waals surface area contributed by atoms with Crippen LogP contribution >= 0.6 is 11.6 Å². The Kier molecular flexibility index (Phi) is 5.85. The topological polar surface area (TPSA) is 74.5 Å². The highest BCUT2D eigenvalue weighted by molar-refractivity contribution is 6.30. The maximum absolute atomic E-state index is 11.3. The lowest BCUT2D eigenvalue weighted by Crippen LogP contribution is -2.32. The summed E-state index contributed by atoms with van der Waals surface area (Å²) in [6, 6.07) is 15.1. The molecule has 3 rings (SSSR count). The summed E-state index contributed by atoms with van der Waals surface area (Å²) in [7, 11) is 1.76. The van der Waals surface area contributed by atoms with Crippen molar-refractivity contribution < 1.29 is 15.0 Å². The highest BCUT2D eigenvalue weighted by atomic mass is 35.5. The van der Waals surface area contributed by atoms with E-state index in [-0.39, 0.29) is 11.7 Å². The minimum atomic E-state index is -0.930. The molecule has 3 aromatic rings. The maximum Gasteiger partial charge on any atom is 0.352 e. The molecule has 0 saturated heterocycles. The van der Waals surface area contributed by atoms with Crippen LogP contribution in [0.4, 0.5) is 0 Å². The zero-order valence-corrected chi connectivity index (χ0v) is 16.1. The molecular formula is C21H23ClN2O3. The molecule has 0 bridgehead atoms. The van der Waals surface area contributed by atoms with Crippen molar-refractivity contribution in [3.8, 4) is 0 Å². The van der Waals surface area contributed by atoms with E-state index in [0.717, 1.165) is 28.5 Å². The van der Waals surface area contributed by atoms with Gasteiger partial charge < -0.3 is 20.1 Å². The first-order chi connectivity index (χ1) is 12.8. The second-order valence-corrected chi connectivity index (χ2v) is 7.31. The normalized spacial score (nSPS) is 13.6. The number of nitrogens with zero attached hydrogens (tertiary/aromatic N) is 1. The largest absolute Gasteiger partial charge is 0.477 e. The molecule has 5 nitrogen and oxygen atoms in total. The van der Waals surface area contributed by atoms with Crippen LogP contribution in [0.25, 0.3) is 10.9 Å². The number of aliphatic hydroxyl groups is 1. The number of hydrogen-bond donors (Lipinski definition) is 3. The number of aromatic nitrogens is 1. The van der Waals surface area contributed by atoms with Gasteiger partial charge in [-0.25, -0.2) is 4.79 Å². The predicted octanol–water partition coefficient (Wildman–Crippen LogP) is 3.78. The lowest BCUT2D eigenvalue weighted by molar-refractivity contribution is 0.0687. The van der Waals surface area contributed by atoms with E-state index in [4.69, 9.17) is 11.6 Å². The Hall–Kier alpha value is -2.34. The Morgan fingerprint density at radius 1 is 1.22 bits per heavy atom. The summed E-state index contributed by atoms with van der Waals surface area (Å²) >= 11 is 5.97. The molecule has 0 radical (unpaired) electrons. The molecule has 27 heavy (non-hydrogen) atoms. The Balaban J connectivity index is 1.63. The second-order valence-electron chi connectivity index (χ2n) is 6.87. The molecule has 1 aromatic heterocycles. The number of carbonyl (C=O) groups is 1. The van der Waals surface area contributed by atoms with Gasteiger partial charge in [0.1, 0.15) is 5.69 Å². The average molecular weight is 387 g/mol. The molecule has 2 atom stereocenters. The van der Waals surface area contributed by atoms with E-state index in [1.807, 2.05) is 30.3 Å². The molecule has 0 unspecified atom stereocenters. The Morgan fingerprint density at radius 2 is 2.00 bits per heavy atom. The summed E-state index contributed by atoms with van der Waals surface area (Å²) in [6.07, 6.45) is 0.149. The number of hydrogen-bond acceptors (Lipinski definition) is 3. The SMILES string of the molecule is C[C@H](Cc1ccc2c(c1)cc(C(=O)O)n2C)NC[C@H](O)c1cccc(Cl)c1. The van der Waals surface area contributed by atoms with Gasteiger partial charge in [0.15, 0.2) is 0 Å². The summed E-state index contributed by atoms with van der Waals surface area (Å²) in [5.41, 5.74) is 3.07. The van der Waals surface area contributed by atoms with Crippen molar-refractivity contribution in [3.05, 3.63) is 70.4 Å². The van der Waals surface area contributed by atoms with Crippen LogP contribution in [0, 0.1) is 0 Å². The first-order valence-electron chi connectivity index (χ1n) is 8.83. The third-order valence-electron chi connectivity index (χ3n) is 4.76. The number of halogens is 1. The molecular weight excluding hydrogens is 364 g/mol. The molecule has 142 valence electrons. The monoisotopic (exact) mass is 386 g/mol. The molecule has 0 saturated carbocycles. The van der Waals surface area contributed by atoms with Crippen LogP contribution < -0.4 is 5.32 Å². The fourth-order valence-corrected chi connectivity index (χ4v) is 3.50. The van der Waals surface area contributed by atoms with Crippen LogP contribution in [0.15, 0.2) is 48.5 Å². The Bertz CT molecular complexity index is 967. The quantitative estimate of drug-likeness (QED) is 0.577. The fourth-order valence-electron chi connectivity index (χ4n) is 3.30. The van der Waals surface area contributed by atoms with Crippen LogP contribution in [-0.2, 0) is 13.5 Å². The molecule has 0 amide bonds. The number of aryl methyl sites for hydroxylation is 1. The number of carboxylic acids is 1. The maximum atomic E-state index is 11.3. The van der Waals surface area contributed by atoms with Crippen molar-refractivity contribution >= 4 is 28.5 Å². The molecule has 3 N–H and O–H groups in total. The van der Waals surface area contributed by atoms with Gasteiger partial charge in [0.25, 0.3) is 0 Å². The van der Waals surface area contributed by atoms with E-state index in [1.54, 1.807) is 29.8 Å². The summed E-state index contributed by atoms with van der Waals surface area (Å²) < 4.78 is 1.68. The summed E-state index contributed by atoms with van der Waals surface area (Å²) in [5, 5.41) is 24.4. The number of benzene rings is 2. The second kappa shape index (κ2) is 8.13. The lowest BCUT2D eigenvalue weighted by Gasteiger charge is -2.18. The van der Waals surface area contributed by atoms with E-state index in [0.29, 0.717) is 11.6 Å². The van der Waals surface area contributed by atoms with Gasteiger partial charge in [-0.2, -0.15) is 0 Å². The van der Waals surface area contributed by atoms with Crippen LogP contribution in [0.1, 0.15) is 34.6 Å². The van der Waals surface area contributed by atoms with Crippen LogP contribution in [0.2, 0.25) is 5.02 Å². The van der Waals surface area contributed by atoms with Gasteiger partial charge in [-0.05, 0) is 54.8 Å². The molecule has 0 aliphatic rings. The predicted molar refractivity (Wildman–Crippen MR) is 107 cm³/mol. The summed E-state index contributed by atoms with van der Waals surface area (Å²) in [6.45, 7) is 2.49. The summed E-state index contributed by atoms with van der Waals surface area (Å²) in [5.74, 6) is -0.930. The standard InChI is InChI=1S/C21H23ClN2O3/c1-13(23-12-20(25)15-4-3-5-17(22)10-15)8-14-6-7-18-16(9-14)11-19(21(26)27)24(18)2/h3-7,9-11,13,20,23,25H,8,12H2,1-2H3,(H,26,27)/t13-,20+/m1/s1. The van der Waals surface area contributed by atoms with Crippen LogP contribution in [-0.4, -0.2) is 33.3 Å². The first kappa shape index (κ1) is 19.4. The van der Waals surface area contributed by atoms with E-state index >= 15 is 0 Å². The van der Waals surface area contributed by atoms with Crippen LogP contribution in [0.3, 0.4) is 0 Å². The fraction of sp³-hybridized carbons (Fsp3) is 0.286. The van der Waals surface area contributed by atoms with Crippen molar-refractivity contribution in [2.24, 2.45) is 7.05 Å². The van der Waals surface area contributed by atoms with E-state index in [9.17, 15) is 15.0 Å². The number of carboxylic acid groups (broad SMARTS) is 1. The molecule has 2 aromatic carbocycles. The third-order valence-corrected chi connectivity index (χ3v) is 5.00. The molecule has 0 aliphatic heterocycles. The molecule has 1 heterocycles. The van der Waals surface area contributed by atoms with Crippen molar-refractivity contribution in [1.29, 1.82) is 0 Å². The van der Waals surface area contributed by atoms with Gasteiger partial charge in [0, 0.05) is 35.6 Å². The minimum absolute atomic E-state index is 0.152. The van der Waals surface area contributed by atoms with Crippen molar-refractivity contribution in [2.45, 2.75) is 25.5 Å². The van der Waals surface area contributed by atoms with Gasteiger partial charge >= 0.3 is 5.97 Å². The third kappa shape index (κ3) is 4.50. The zero-order chi connectivity index (χ0) is 19.6. The van der Waals surface area contributed by atoms with Crippen LogP contribution in [0.5, 0.6) is 0 Å². The highest BCUT2D eigenvalue weighted by Crippen LogP contribution is 2.21. The average Bonchev–Trinajstić information content (AvgIpc) is 2.96. The number of aliphatic hydroxyl groups excluding tert-OH is 1. The first-order valence-corrected chi connectivity index (χ1v) is 9.21. The van der Waals surface area contributed by atoms with Crippen molar-refractivity contribution in [1.82, 2.24) is 9.88 Å². The van der Waals surface area contributed by atoms with Crippen molar-refractivity contribution in [3.63, 3.8) is 0 Å². The van der Waals surface area contributed by atoms with Crippen molar-refractivity contribution in [2.75, 3.05) is 6.54 Å². The number of fused-ring (bicyclic) bond motifs is 1. The minimum Gasteiger partial charge on any atom is -0.477 e. The van der Waals surface area contributed by atoms with E-state index < -0.39 is 12.1 Å². The van der Waals surface area contributed by atoms with E-state index in [1.165, 1.54) is 0 Å². The van der Waals surface area contributed by atoms with Gasteiger partial charge in [-0.1, -0.05) is 29.8 Å². The van der Waals surface area contributed by atoms with Gasteiger partial charge in [0.05, 0.1) is 6.10 Å². The smallest absolute Gasteiger partial charge is 0.352 e. The molecule has 0 aliphatic carbocycles. The molecule has 0 fully saturated rings. The summed E-state index contributed by atoms with van der Waals surface area (Å²) in [4.78, 5) is 11.3. The Labute approximate surface area is 163 Å². The van der Waals surface area contributed by atoms with Gasteiger partial charge in [0.2, 0.25) is 0 Å². The lowest BCUT2D eigenvalue weighted by atomic mass is 10.0. The molecule has 6 heteroatoms. The van der Waals surface area contributed by atoms with Gasteiger partial charge in [-0.3, -0.25) is 0 Å². The van der Waals surface area contributed by atoms with E-state index in [2.05, 4.69) is 12.2 Å². The zero-order valence-electron chi connectivity index (χ0n) is 15.3. The highest BCUT2D eigenvalue weighted by Gasteiger charge is 2.14. The number of aromatic carboxylic acids is 1.